The van der Waals surface area contributed by atoms with Crippen molar-refractivity contribution in [1.29, 1.82) is 0 Å². The molecule has 4 rings (SSSR count). The summed E-state index contributed by atoms with van der Waals surface area (Å²) in [5.41, 5.74) is 6.50. The highest BCUT2D eigenvalue weighted by atomic mass is 35.5. The molecule has 3 aromatic carbocycles. The van der Waals surface area contributed by atoms with Crippen LogP contribution in [0.15, 0.2) is 77.4 Å². The van der Waals surface area contributed by atoms with Crippen molar-refractivity contribution in [2.24, 2.45) is 0 Å². The van der Waals surface area contributed by atoms with Crippen LogP contribution >= 0.6 is 11.6 Å². The molecule has 5 heteroatoms. The number of ether oxygens (including phenoxy) is 1. The van der Waals surface area contributed by atoms with Gasteiger partial charge in [0.05, 0.1) is 13.4 Å². The van der Waals surface area contributed by atoms with Crippen LogP contribution in [-0.2, 0) is 11.2 Å². The first-order valence-electron chi connectivity index (χ1n) is 10.8. The Bertz CT molecular complexity index is 1300. The highest BCUT2D eigenvalue weighted by Gasteiger charge is 2.18. The molecule has 0 fully saturated rings. The Balaban J connectivity index is 1.63. The van der Waals surface area contributed by atoms with Crippen LogP contribution in [0.3, 0.4) is 0 Å². The maximum Gasteiger partial charge on any atom is 0.244 e. The van der Waals surface area contributed by atoms with Crippen molar-refractivity contribution < 1.29 is 13.9 Å². The maximum absolute atomic E-state index is 12.6. The summed E-state index contributed by atoms with van der Waals surface area (Å²) in [6.45, 7) is 4.46. The number of furan rings is 1. The Morgan fingerprint density at radius 1 is 1.12 bits per heavy atom. The third-order valence-electron chi connectivity index (χ3n) is 5.73. The molecular weight excluding hydrogens is 434 g/mol. The number of fused-ring (bicyclic) bond motifs is 1. The molecule has 0 saturated heterocycles. The fourth-order valence-corrected chi connectivity index (χ4v) is 4.15. The molecule has 0 aliphatic heterocycles. The van der Waals surface area contributed by atoms with Gasteiger partial charge in [-0.25, -0.2) is 0 Å². The molecule has 4 aromatic rings. The van der Waals surface area contributed by atoms with Crippen LogP contribution in [0.2, 0.25) is 5.02 Å². The van der Waals surface area contributed by atoms with Crippen molar-refractivity contribution in [3.8, 4) is 16.9 Å². The number of hydrogen-bond acceptors (Lipinski definition) is 3. The van der Waals surface area contributed by atoms with Gasteiger partial charge in [0.2, 0.25) is 5.91 Å². The summed E-state index contributed by atoms with van der Waals surface area (Å²) in [4.78, 5) is 12.6. The van der Waals surface area contributed by atoms with Gasteiger partial charge in [-0.15, -0.1) is 0 Å². The predicted octanol–water partition coefficient (Wildman–Crippen LogP) is 6.83. The second kappa shape index (κ2) is 9.97. The highest BCUT2D eigenvalue weighted by molar-refractivity contribution is 6.30. The van der Waals surface area contributed by atoms with E-state index < -0.39 is 0 Å². The Kier molecular flexibility index (Phi) is 6.85. The Morgan fingerprint density at radius 3 is 2.55 bits per heavy atom. The van der Waals surface area contributed by atoms with E-state index in [1.165, 1.54) is 5.56 Å². The average molecular weight is 460 g/mol. The lowest BCUT2D eigenvalue weighted by Crippen LogP contribution is -2.23. The van der Waals surface area contributed by atoms with Crippen molar-refractivity contribution in [1.82, 2.24) is 5.32 Å². The quantitative estimate of drug-likeness (QED) is 0.308. The summed E-state index contributed by atoms with van der Waals surface area (Å²) in [7, 11) is 1.63. The molecule has 1 heterocycles. The van der Waals surface area contributed by atoms with Gasteiger partial charge in [0.15, 0.2) is 0 Å². The van der Waals surface area contributed by atoms with Gasteiger partial charge < -0.3 is 14.5 Å². The molecule has 1 amide bonds. The van der Waals surface area contributed by atoms with E-state index in [0.717, 1.165) is 45.2 Å². The number of allylic oxidation sites excluding steroid dienone is 1. The van der Waals surface area contributed by atoms with Crippen molar-refractivity contribution in [3.05, 3.63) is 94.7 Å². The van der Waals surface area contributed by atoms with Crippen LogP contribution in [-0.4, -0.2) is 19.6 Å². The number of hydrogen-bond donors (Lipinski definition) is 1. The first-order chi connectivity index (χ1) is 16.0. The van der Waals surface area contributed by atoms with Crippen LogP contribution in [0.1, 0.15) is 23.6 Å². The number of halogens is 1. The normalized spacial score (nSPS) is 11.6. The van der Waals surface area contributed by atoms with E-state index in [2.05, 4.69) is 17.4 Å². The Labute approximate surface area is 198 Å². The minimum atomic E-state index is -0.131. The summed E-state index contributed by atoms with van der Waals surface area (Å²) in [5.74, 6) is 0.568. The molecule has 0 bridgehead atoms. The molecule has 33 heavy (non-hydrogen) atoms. The number of methoxy groups -OCH3 is 1. The lowest BCUT2D eigenvalue weighted by molar-refractivity contribution is -0.116. The SMILES string of the molecule is COc1c(/C(C)=C/C(=O)NCCc2ccccc2)cc2c(-c3ccc(Cl)cc3)coc2c1C. The second-order valence-electron chi connectivity index (χ2n) is 7.97. The van der Waals surface area contributed by atoms with Crippen LogP contribution in [0.25, 0.3) is 27.7 Å². The standard InChI is InChI=1S/C28H26ClNO3/c1-18(15-26(31)30-14-13-20-7-5-4-6-8-20)23-16-24-25(21-9-11-22(29)12-10-21)17-33-28(24)19(2)27(23)32-3/h4-12,15-17H,13-14H2,1-3H3,(H,30,31)/b18-15+. The van der Waals surface area contributed by atoms with Crippen molar-refractivity contribution in [2.45, 2.75) is 20.3 Å². The van der Waals surface area contributed by atoms with E-state index >= 15 is 0 Å². The number of amides is 1. The zero-order valence-electron chi connectivity index (χ0n) is 18.9. The third-order valence-corrected chi connectivity index (χ3v) is 5.98. The number of aryl methyl sites for hydroxylation is 1. The van der Waals surface area contributed by atoms with E-state index in [0.29, 0.717) is 17.3 Å². The fraction of sp³-hybridized carbons (Fsp3) is 0.179. The van der Waals surface area contributed by atoms with Crippen LogP contribution in [0.5, 0.6) is 5.75 Å². The predicted molar refractivity (Wildman–Crippen MR) is 135 cm³/mol. The van der Waals surface area contributed by atoms with Crippen LogP contribution in [0.4, 0.5) is 0 Å². The molecular formula is C28H26ClNO3. The van der Waals surface area contributed by atoms with E-state index in [1.54, 1.807) is 19.4 Å². The zero-order valence-corrected chi connectivity index (χ0v) is 19.7. The molecule has 0 spiro atoms. The summed E-state index contributed by atoms with van der Waals surface area (Å²) in [6.07, 6.45) is 4.16. The molecule has 1 aromatic heterocycles. The third kappa shape index (κ3) is 4.96. The Morgan fingerprint density at radius 2 is 1.85 bits per heavy atom. The molecule has 0 radical (unpaired) electrons. The molecule has 0 saturated carbocycles. The summed E-state index contributed by atoms with van der Waals surface area (Å²) >= 11 is 6.06. The maximum atomic E-state index is 12.6. The van der Waals surface area contributed by atoms with Gasteiger partial charge in [-0.2, -0.15) is 0 Å². The van der Waals surface area contributed by atoms with Gasteiger partial charge in [-0.1, -0.05) is 54.1 Å². The largest absolute Gasteiger partial charge is 0.496 e. The number of carbonyl (C=O) groups excluding carboxylic acids is 1. The summed E-state index contributed by atoms with van der Waals surface area (Å²) < 4.78 is 11.6. The van der Waals surface area contributed by atoms with Gasteiger partial charge in [0.25, 0.3) is 0 Å². The first-order valence-corrected chi connectivity index (χ1v) is 11.2. The number of rotatable bonds is 7. The first kappa shape index (κ1) is 22.7. The molecule has 0 aliphatic rings. The van der Waals surface area contributed by atoms with E-state index in [-0.39, 0.29) is 5.91 Å². The molecule has 0 aliphatic carbocycles. The highest BCUT2D eigenvalue weighted by Crippen LogP contribution is 2.40. The monoisotopic (exact) mass is 459 g/mol. The zero-order chi connectivity index (χ0) is 23.4. The van der Waals surface area contributed by atoms with Gasteiger partial charge in [-0.05, 0) is 55.2 Å². The smallest absolute Gasteiger partial charge is 0.244 e. The number of carbonyl (C=O) groups is 1. The van der Waals surface area contributed by atoms with E-state index in [9.17, 15) is 4.79 Å². The minimum Gasteiger partial charge on any atom is -0.496 e. The molecule has 1 N–H and O–H groups in total. The molecule has 4 nitrogen and oxygen atoms in total. The molecule has 0 atom stereocenters. The fourth-order valence-electron chi connectivity index (χ4n) is 4.02. The van der Waals surface area contributed by atoms with Gasteiger partial charge in [-0.3, -0.25) is 4.79 Å². The molecule has 0 unspecified atom stereocenters. The minimum absolute atomic E-state index is 0.131. The second-order valence-corrected chi connectivity index (χ2v) is 8.41. The lowest BCUT2D eigenvalue weighted by Gasteiger charge is -2.13. The summed E-state index contributed by atoms with van der Waals surface area (Å²) in [6, 6.07) is 19.8. The van der Waals surface area contributed by atoms with E-state index in [1.807, 2.05) is 62.4 Å². The Hall–Kier alpha value is -3.50. The number of nitrogens with one attached hydrogen (secondary N) is 1. The summed E-state index contributed by atoms with van der Waals surface area (Å²) in [5, 5.41) is 4.61. The van der Waals surface area contributed by atoms with Crippen LogP contribution in [0, 0.1) is 6.92 Å². The number of benzene rings is 3. The van der Waals surface area contributed by atoms with Gasteiger partial charge in [0.1, 0.15) is 11.3 Å². The van der Waals surface area contributed by atoms with Gasteiger partial charge in [0, 0.05) is 39.7 Å². The van der Waals surface area contributed by atoms with Crippen LogP contribution < -0.4 is 10.1 Å². The van der Waals surface area contributed by atoms with E-state index in [4.69, 9.17) is 20.8 Å². The molecule has 168 valence electrons. The van der Waals surface area contributed by atoms with Crippen molar-refractivity contribution in [3.63, 3.8) is 0 Å². The van der Waals surface area contributed by atoms with Crippen molar-refractivity contribution >= 4 is 34.1 Å². The topological polar surface area (TPSA) is 51.5 Å². The lowest BCUT2D eigenvalue weighted by atomic mass is 9.96. The average Bonchev–Trinajstić information content (AvgIpc) is 3.24. The van der Waals surface area contributed by atoms with Crippen molar-refractivity contribution in [2.75, 3.05) is 13.7 Å². The van der Waals surface area contributed by atoms with Gasteiger partial charge >= 0.3 is 0 Å².